The molecule has 0 bridgehead atoms. The Kier molecular flexibility index (Phi) is 2.34. The van der Waals surface area contributed by atoms with Crippen LogP contribution in [0.25, 0.3) is 0 Å². The van der Waals surface area contributed by atoms with Gasteiger partial charge in [-0.3, -0.25) is 10.1 Å². The number of nitrogens with one attached hydrogen (secondary N) is 1. The number of hydrogen-bond acceptors (Lipinski definition) is 4. The van der Waals surface area contributed by atoms with Gasteiger partial charge in [-0.25, -0.2) is 0 Å². The molecule has 0 spiro atoms. The summed E-state index contributed by atoms with van der Waals surface area (Å²) in [4.78, 5) is 20.8. The van der Waals surface area contributed by atoms with Crippen LogP contribution in [0.15, 0.2) is 0 Å². The van der Waals surface area contributed by atoms with E-state index < -0.39 is 4.87 Å². The molecule has 1 fully saturated rings. The minimum Gasteiger partial charge on any atom is -0.300 e. The molecule has 0 saturated carbocycles. The SMILES string of the molecule is CC(=O)C1CSC(C)(C=O)N1. The minimum absolute atomic E-state index is 0.100. The number of carbonyl (C=O) groups excluding carboxylic acids is 2. The maximum absolute atomic E-state index is 10.9. The summed E-state index contributed by atoms with van der Waals surface area (Å²) >= 11 is 1.48. The van der Waals surface area contributed by atoms with Crippen molar-refractivity contribution in [1.29, 1.82) is 0 Å². The van der Waals surface area contributed by atoms with E-state index in [0.717, 1.165) is 6.29 Å². The van der Waals surface area contributed by atoms with Crippen LogP contribution in [0.5, 0.6) is 0 Å². The van der Waals surface area contributed by atoms with Crippen molar-refractivity contribution in [2.75, 3.05) is 5.75 Å². The molecule has 0 radical (unpaired) electrons. The Bertz CT molecular complexity index is 195. The van der Waals surface area contributed by atoms with Gasteiger partial charge in [-0.2, -0.15) is 0 Å². The van der Waals surface area contributed by atoms with Crippen LogP contribution >= 0.6 is 11.8 Å². The molecule has 0 aliphatic carbocycles. The summed E-state index contributed by atoms with van der Waals surface area (Å²) in [7, 11) is 0. The van der Waals surface area contributed by atoms with E-state index >= 15 is 0 Å². The third-order valence-corrected chi connectivity index (χ3v) is 3.04. The normalized spacial score (nSPS) is 37.1. The van der Waals surface area contributed by atoms with Gasteiger partial charge < -0.3 is 4.79 Å². The number of hydrogen-bond donors (Lipinski definition) is 1. The Morgan fingerprint density at radius 3 is 2.73 bits per heavy atom. The monoisotopic (exact) mass is 173 g/mol. The Morgan fingerprint density at radius 1 is 1.82 bits per heavy atom. The number of thioether (sulfide) groups is 1. The van der Waals surface area contributed by atoms with E-state index in [-0.39, 0.29) is 11.8 Å². The lowest BCUT2D eigenvalue weighted by Gasteiger charge is -2.15. The minimum atomic E-state index is -0.545. The van der Waals surface area contributed by atoms with Crippen LogP contribution in [0.1, 0.15) is 13.8 Å². The van der Waals surface area contributed by atoms with Crippen molar-refractivity contribution < 1.29 is 9.59 Å². The summed E-state index contributed by atoms with van der Waals surface area (Å²) in [5.41, 5.74) is 0. The lowest BCUT2D eigenvalue weighted by molar-refractivity contribution is -0.118. The number of rotatable bonds is 2. The van der Waals surface area contributed by atoms with Crippen molar-refractivity contribution in [2.24, 2.45) is 0 Å². The van der Waals surface area contributed by atoms with E-state index in [1.807, 2.05) is 0 Å². The molecule has 1 saturated heterocycles. The van der Waals surface area contributed by atoms with E-state index in [4.69, 9.17) is 0 Å². The topological polar surface area (TPSA) is 46.2 Å². The van der Waals surface area contributed by atoms with Crippen molar-refractivity contribution in [3.05, 3.63) is 0 Å². The van der Waals surface area contributed by atoms with Crippen molar-refractivity contribution in [3.63, 3.8) is 0 Å². The number of carbonyl (C=O) groups is 2. The van der Waals surface area contributed by atoms with E-state index in [1.165, 1.54) is 18.7 Å². The van der Waals surface area contributed by atoms with Crippen LogP contribution in [0.3, 0.4) is 0 Å². The highest BCUT2D eigenvalue weighted by Crippen LogP contribution is 2.27. The first-order valence-corrected chi connectivity index (χ1v) is 4.44. The zero-order valence-corrected chi connectivity index (χ0v) is 7.40. The van der Waals surface area contributed by atoms with Crippen LogP contribution in [-0.2, 0) is 9.59 Å². The molecule has 1 N–H and O–H groups in total. The molecule has 3 nitrogen and oxygen atoms in total. The largest absolute Gasteiger partial charge is 0.300 e. The number of ketones is 1. The molecule has 2 atom stereocenters. The summed E-state index contributed by atoms with van der Waals surface area (Å²) in [6.45, 7) is 3.32. The van der Waals surface area contributed by atoms with Crippen molar-refractivity contribution in [2.45, 2.75) is 24.8 Å². The predicted molar refractivity (Wildman–Crippen MR) is 44.5 cm³/mol. The lowest BCUT2D eigenvalue weighted by atomic mass is 10.2. The molecule has 2 unspecified atom stereocenters. The molecular weight excluding hydrogens is 162 g/mol. The molecule has 0 aromatic heterocycles. The van der Waals surface area contributed by atoms with Gasteiger partial charge in [-0.05, 0) is 13.8 Å². The first kappa shape index (κ1) is 8.74. The van der Waals surface area contributed by atoms with Crippen LogP contribution < -0.4 is 5.32 Å². The molecule has 1 rings (SSSR count). The molecule has 0 aromatic carbocycles. The fourth-order valence-electron chi connectivity index (χ4n) is 0.973. The van der Waals surface area contributed by atoms with Gasteiger partial charge in [0.2, 0.25) is 0 Å². The molecule has 1 aliphatic heterocycles. The molecule has 1 heterocycles. The average Bonchev–Trinajstić information content (AvgIpc) is 2.33. The van der Waals surface area contributed by atoms with Crippen molar-refractivity contribution >= 4 is 23.8 Å². The molecular formula is C7H11NO2S. The maximum atomic E-state index is 10.9. The van der Waals surface area contributed by atoms with E-state index in [0.29, 0.717) is 5.75 Å². The van der Waals surface area contributed by atoms with Crippen LogP contribution in [0.2, 0.25) is 0 Å². The Morgan fingerprint density at radius 2 is 2.45 bits per heavy atom. The molecule has 4 heteroatoms. The fraction of sp³-hybridized carbons (Fsp3) is 0.714. The maximum Gasteiger partial charge on any atom is 0.150 e. The van der Waals surface area contributed by atoms with Gasteiger partial charge in [-0.1, -0.05) is 0 Å². The second kappa shape index (κ2) is 2.95. The quantitative estimate of drug-likeness (QED) is 0.606. The van der Waals surface area contributed by atoms with E-state index in [2.05, 4.69) is 5.32 Å². The fourth-order valence-corrected chi connectivity index (χ4v) is 2.10. The zero-order chi connectivity index (χ0) is 8.48. The van der Waals surface area contributed by atoms with Gasteiger partial charge in [0.25, 0.3) is 0 Å². The first-order valence-electron chi connectivity index (χ1n) is 3.46. The summed E-state index contributed by atoms with van der Waals surface area (Å²) in [6.07, 6.45) is 0.848. The van der Waals surface area contributed by atoms with Gasteiger partial charge in [0.1, 0.15) is 16.9 Å². The smallest absolute Gasteiger partial charge is 0.150 e. The Hall–Kier alpha value is -0.350. The summed E-state index contributed by atoms with van der Waals surface area (Å²) in [5, 5.41) is 2.96. The van der Waals surface area contributed by atoms with Gasteiger partial charge in [0, 0.05) is 5.75 Å². The standard InChI is InChI=1S/C7H11NO2S/c1-5(10)6-3-11-7(2,4-9)8-6/h4,6,8H,3H2,1-2H3. The Labute approximate surface area is 69.9 Å². The molecule has 11 heavy (non-hydrogen) atoms. The molecule has 0 aromatic rings. The second-order valence-corrected chi connectivity index (χ2v) is 4.31. The van der Waals surface area contributed by atoms with Crippen molar-refractivity contribution in [3.8, 4) is 0 Å². The number of Topliss-reactive ketones (excluding diaryl/α,β-unsaturated/α-hetero) is 1. The third kappa shape index (κ3) is 1.81. The molecule has 1 aliphatic rings. The van der Waals surface area contributed by atoms with E-state index in [1.54, 1.807) is 6.92 Å². The van der Waals surface area contributed by atoms with E-state index in [9.17, 15) is 9.59 Å². The summed E-state index contributed by atoms with van der Waals surface area (Å²) in [5.74, 6) is 0.799. The summed E-state index contributed by atoms with van der Waals surface area (Å²) in [6, 6.07) is -0.143. The van der Waals surface area contributed by atoms with Gasteiger partial charge >= 0.3 is 0 Å². The van der Waals surface area contributed by atoms with Crippen LogP contribution in [-0.4, -0.2) is 28.7 Å². The first-order chi connectivity index (χ1) is 5.07. The highest BCUT2D eigenvalue weighted by atomic mass is 32.2. The summed E-state index contributed by atoms with van der Waals surface area (Å²) < 4.78 is 0. The average molecular weight is 173 g/mol. The lowest BCUT2D eigenvalue weighted by Crippen LogP contribution is -2.43. The van der Waals surface area contributed by atoms with Gasteiger partial charge in [-0.15, -0.1) is 11.8 Å². The van der Waals surface area contributed by atoms with Crippen LogP contribution in [0, 0.1) is 0 Å². The van der Waals surface area contributed by atoms with Gasteiger partial charge in [0.05, 0.1) is 6.04 Å². The zero-order valence-electron chi connectivity index (χ0n) is 6.59. The predicted octanol–water partition coefficient (Wildman–Crippen LogP) is 0.196. The third-order valence-electron chi connectivity index (χ3n) is 1.73. The number of aldehydes is 1. The van der Waals surface area contributed by atoms with Crippen molar-refractivity contribution in [1.82, 2.24) is 5.32 Å². The molecule has 0 amide bonds. The molecule has 62 valence electrons. The second-order valence-electron chi connectivity index (χ2n) is 2.84. The van der Waals surface area contributed by atoms with Crippen LogP contribution in [0.4, 0.5) is 0 Å². The highest BCUT2D eigenvalue weighted by molar-refractivity contribution is 8.01. The van der Waals surface area contributed by atoms with Gasteiger partial charge in [0.15, 0.2) is 0 Å². The highest BCUT2D eigenvalue weighted by Gasteiger charge is 2.36. The Balaban J connectivity index is 2.59.